The lowest BCUT2D eigenvalue weighted by atomic mass is 9.97. The van der Waals surface area contributed by atoms with E-state index < -0.39 is 0 Å². The Hall–Kier alpha value is -0.0800. The highest BCUT2D eigenvalue weighted by molar-refractivity contribution is 4.92. The third kappa shape index (κ3) is 2.98. The topological polar surface area (TPSA) is 21.3 Å². The van der Waals surface area contributed by atoms with Crippen LogP contribution in [0, 0.1) is 0 Å². The van der Waals surface area contributed by atoms with Gasteiger partial charge >= 0.3 is 0 Å². The van der Waals surface area contributed by atoms with Crippen molar-refractivity contribution in [2.45, 2.75) is 83.0 Å². The molecule has 1 spiro atoms. The third-order valence-electron chi connectivity index (χ3n) is 4.33. The maximum Gasteiger partial charge on any atom is 0.0687 e. The summed E-state index contributed by atoms with van der Waals surface area (Å²) in [4.78, 5) is 0. The average molecular weight is 225 g/mol. The van der Waals surface area contributed by atoms with Gasteiger partial charge in [-0.3, -0.25) is 0 Å². The number of hydrogen-bond acceptors (Lipinski definition) is 2. The van der Waals surface area contributed by atoms with E-state index >= 15 is 0 Å². The van der Waals surface area contributed by atoms with Crippen LogP contribution < -0.4 is 5.32 Å². The van der Waals surface area contributed by atoms with Gasteiger partial charge in [0, 0.05) is 6.04 Å². The van der Waals surface area contributed by atoms with Crippen LogP contribution in [0.25, 0.3) is 0 Å². The van der Waals surface area contributed by atoms with Crippen LogP contribution in [0.1, 0.15) is 65.2 Å². The van der Waals surface area contributed by atoms with E-state index in [0.717, 1.165) is 6.54 Å². The van der Waals surface area contributed by atoms with Crippen LogP contribution in [0.4, 0.5) is 0 Å². The molecule has 0 bridgehead atoms. The van der Waals surface area contributed by atoms with E-state index in [4.69, 9.17) is 4.74 Å². The first kappa shape index (κ1) is 12.4. The molecule has 2 aliphatic rings. The van der Waals surface area contributed by atoms with Crippen LogP contribution in [-0.4, -0.2) is 24.3 Å². The molecule has 1 heterocycles. The molecule has 2 heteroatoms. The molecule has 2 fully saturated rings. The summed E-state index contributed by atoms with van der Waals surface area (Å²) in [7, 11) is 0. The number of rotatable bonds is 5. The van der Waals surface area contributed by atoms with Crippen LogP contribution in [0.5, 0.6) is 0 Å². The van der Waals surface area contributed by atoms with Gasteiger partial charge in [0.05, 0.1) is 11.7 Å². The number of hydrogen-bond donors (Lipinski definition) is 1. The van der Waals surface area contributed by atoms with Crippen LogP contribution in [0.3, 0.4) is 0 Å². The van der Waals surface area contributed by atoms with Crippen LogP contribution in [0.2, 0.25) is 0 Å². The number of nitrogens with one attached hydrogen (secondary N) is 1. The highest BCUT2D eigenvalue weighted by Gasteiger charge is 2.41. The first-order valence-corrected chi connectivity index (χ1v) is 7.15. The zero-order valence-corrected chi connectivity index (χ0v) is 10.9. The second kappa shape index (κ2) is 5.50. The van der Waals surface area contributed by atoms with E-state index in [1.807, 2.05) is 0 Å². The maximum absolute atomic E-state index is 6.31. The predicted molar refractivity (Wildman–Crippen MR) is 67.7 cm³/mol. The number of ether oxygens (including phenoxy) is 1. The zero-order valence-electron chi connectivity index (χ0n) is 10.9. The molecule has 2 rings (SSSR count). The zero-order chi connectivity index (χ0) is 11.4. The van der Waals surface area contributed by atoms with E-state index in [-0.39, 0.29) is 0 Å². The average Bonchev–Trinajstić information content (AvgIpc) is 2.88. The van der Waals surface area contributed by atoms with Crippen LogP contribution in [0.15, 0.2) is 0 Å². The van der Waals surface area contributed by atoms with Gasteiger partial charge in [-0.25, -0.2) is 0 Å². The van der Waals surface area contributed by atoms with Crippen molar-refractivity contribution in [2.75, 3.05) is 6.54 Å². The predicted octanol–water partition coefficient (Wildman–Crippen LogP) is 3.26. The summed E-state index contributed by atoms with van der Waals surface area (Å²) in [5.74, 6) is 0. The first-order chi connectivity index (χ1) is 7.74. The molecule has 1 saturated heterocycles. The fourth-order valence-electron chi connectivity index (χ4n) is 3.37. The molecule has 0 aromatic heterocycles. The summed E-state index contributed by atoms with van der Waals surface area (Å²) in [6, 6.07) is 0.647. The van der Waals surface area contributed by atoms with E-state index in [9.17, 15) is 0 Å². The minimum Gasteiger partial charge on any atom is -0.372 e. The summed E-state index contributed by atoms with van der Waals surface area (Å²) in [6.45, 7) is 5.54. The molecular weight excluding hydrogens is 198 g/mol. The molecule has 2 atom stereocenters. The second-order valence-corrected chi connectivity index (χ2v) is 5.70. The van der Waals surface area contributed by atoms with Gasteiger partial charge in [-0.05, 0) is 52.0 Å². The molecule has 94 valence electrons. The smallest absolute Gasteiger partial charge is 0.0687 e. The summed E-state index contributed by atoms with van der Waals surface area (Å²) in [5.41, 5.74) is 0.325. The molecule has 0 aromatic rings. The Balaban J connectivity index is 1.68. The van der Waals surface area contributed by atoms with Crippen molar-refractivity contribution in [3.05, 3.63) is 0 Å². The van der Waals surface area contributed by atoms with E-state index in [2.05, 4.69) is 19.2 Å². The molecule has 16 heavy (non-hydrogen) atoms. The van der Waals surface area contributed by atoms with Crippen molar-refractivity contribution >= 4 is 0 Å². The largest absolute Gasteiger partial charge is 0.372 e. The standard InChI is InChI=1S/C14H27NO/c1-3-15-12(2)6-7-13-8-11-14(16-13)9-4-5-10-14/h12-13,15H,3-11H2,1-2H3. The van der Waals surface area contributed by atoms with Gasteiger partial charge in [0.2, 0.25) is 0 Å². The SMILES string of the molecule is CCNC(C)CCC1CCC2(CCCC2)O1. The van der Waals surface area contributed by atoms with Gasteiger partial charge in [-0.1, -0.05) is 19.8 Å². The summed E-state index contributed by atoms with van der Waals surface area (Å²) >= 11 is 0. The molecule has 1 aliphatic carbocycles. The van der Waals surface area contributed by atoms with Crippen molar-refractivity contribution < 1.29 is 4.74 Å². The van der Waals surface area contributed by atoms with Crippen molar-refractivity contribution in [2.24, 2.45) is 0 Å². The Bertz CT molecular complexity index is 211. The Kier molecular flexibility index (Phi) is 4.26. The Labute approximate surface area is 100 Å². The molecule has 1 N–H and O–H groups in total. The summed E-state index contributed by atoms with van der Waals surface area (Å²) in [6.07, 6.45) is 11.1. The molecule has 2 unspecified atom stereocenters. The Morgan fingerprint density at radius 2 is 2.06 bits per heavy atom. The van der Waals surface area contributed by atoms with Crippen LogP contribution >= 0.6 is 0 Å². The highest BCUT2D eigenvalue weighted by atomic mass is 16.5. The Morgan fingerprint density at radius 3 is 2.75 bits per heavy atom. The van der Waals surface area contributed by atoms with Crippen LogP contribution in [-0.2, 0) is 4.74 Å². The van der Waals surface area contributed by atoms with Crippen molar-refractivity contribution in [1.29, 1.82) is 0 Å². The normalized spacial score (nSPS) is 30.0. The molecule has 0 aromatic carbocycles. The lowest BCUT2D eigenvalue weighted by Crippen LogP contribution is -2.28. The minimum absolute atomic E-state index is 0.325. The first-order valence-electron chi connectivity index (χ1n) is 7.15. The van der Waals surface area contributed by atoms with E-state index in [1.54, 1.807) is 0 Å². The van der Waals surface area contributed by atoms with Gasteiger partial charge < -0.3 is 10.1 Å². The quantitative estimate of drug-likeness (QED) is 0.775. The lowest BCUT2D eigenvalue weighted by molar-refractivity contribution is -0.0399. The minimum atomic E-state index is 0.325. The second-order valence-electron chi connectivity index (χ2n) is 5.70. The van der Waals surface area contributed by atoms with Crippen molar-refractivity contribution in [3.8, 4) is 0 Å². The van der Waals surface area contributed by atoms with Gasteiger partial charge in [0.1, 0.15) is 0 Å². The summed E-state index contributed by atoms with van der Waals surface area (Å²) < 4.78 is 6.31. The van der Waals surface area contributed by atoms with E-state index in [1.165, 1.54) is 51.4 Å². The molecule has 0 radical (unpaired) electrons. The van der Waals surface area contributed by atoms with E-state index in [0.29, 0.717) is 17.7 Å². The maximum atomic E-state index is 6.31. The molecule has 1 saturated carbocycles. The lowest BCUT2D eigenvalue weighted by Gasteiger charge is -2.24. The fraction of sp³-hybridized carbons (Fsp3) is 1.00. The Morgan fingerprint density at radius 1 is 1.31 bits per heavy atom. The monoisotopic (exact) mass is 225 g/mol. The van der Waals surface area contributed by atoms with Gasteiger partial charge in [0.25, 0.3) is 0 Å². The molecular formula is C14H27NO. The third-order valence-corrected chi connectivity index (χ3v) is 4.33. The fourth-order valence-corrected chi connectivity index (χ4v) is 3.37. The molecule has 2 nitrogen and oxygen atoms in total. The van der Waals surface area contributed by atoms with Crippen molar-refractivity contribution in [3.63, 3.8) is 0 Å². The van der Waals surface area contributed by atoms with Gasteiger partial charge in [-0.2, -0.15) is 0 Å². The molecule has 0 amide bonds. The highest BCUT2D eigenvalue weighted by Crippen LogP contribution is 2.44. The molecule has 1 aliphatic heterocycles. The van der Waals surface area contributed by atoms with Crippen molar-refractivity contribution in [1.82, 2.24) is 5.32 Å². The van der Waals surface area contributed by atoms with Gasteiger partial charge in [0.15, 0.2) is 0 Å². The van der Waals surface area contributed by atoms with Gasteiger partial charge in [-0.15, -0.1) is 0 Å². The summed E-state index contributed by atoms with van der Waals surface area (Å²) in [5, 5.41) is 3.47.